The Kier molecular flexibility index (Phi) is 3.17. The minimum Gasteiger partial charge on any atom is -0.338 e. The van der Waals surface area contributed by atoms with Crippen molar-refractivity contribution in [3.05, 3.63) is 33.8 Å². The van der Waals surface area contributed by atoms with Crippen LogP contribution in [0.3, 0.4) is 0 Å². The zero-order valence-corrected chi connectivity index (χ0v) is 11.2. The van der Waals surface area contributed by atoms with Gasteiger partial charge in [0, 0.05) is 10.0 Å². The van der Waals surface area contributed by atoms with Gasteiger partial charge >= 0.3 is 6.18 Å². The number of benzene rings is 1. The predicted molar refractivity (Wildman–Crippen MR) is 64.4 cm³/mol. The fourth-order valence-electron chi connectivity index (χ4n) is 1.68. The first kappa shape index (κ1) is 13.4. The van der Waals surface area contributed by atoms with Crippen molar-refractivity contribution in [1.29, 1.82) is 0 Å². The zero-order chi connectivity index (χ0) is 13.6. The number of carbonyl (C=O) groups excluding carboxylic acids is 1. The molecule has 1 aromatic rings. The maximum absolute atomic E-state index is 12.7. The highest BCUT2D eigenvalue weighted by Crippen LogP contribution is 2.49. The van der Waals surface area contributed by atoms with Gasteiger partial charge in [0.25, 0.3) is 5.91 Å². The molecule has 1 fully saturated rings. The van der Waals surface area contributed by atoms with Crippen LogP contribution < -0.4 is 5.32 Å². The van der Waals surface area contributed by atoms with E-state index in [0.717, 1.165) is 10.0 Å². The van der Waals surface area contributed by atoms with E-state index in [1.807, 2.05) is 0 Å². The molecule has 1 N–H and O–H groups in total. The summed E-state index contributed by atoms with van der Waals surface area (Å²) in [6.45, 7) is 1.78. The second-order valence-corrected chi connectivity index (χ2v) is 5.35. The SMILES string of the molecule is Cc1cc(C(=O)NC2(C(F)(F)F)CC2)ccc1Br. The molecular weight excluding hydrogens is 311 g/mol. The first-order chi connectivity index (χ1) is 8.25. The Labute approximate surface area is 111 Å². The summed E-state index contributed by atoms with van der Waals surface area (Å²) in [7, 11) is 0. The summed E-state index contributed by atoms with van der Waals surface area (Å²) in [6, 6.07) is 4.71. The minimum atomic E-state index is -4.38. The second-order valence-electron chi connectivity index (χ2n) is 4.50. The lowest BCUT2D eigenvalue weighted by Gasteiger charge is -2.20. The van der Waals surface area contributed by atoms with Crippen molar-refractivity contribution < 1.29 is 18.0 Å². The number of nitrogens with one attached hydrogen (secondary N) is 1. The Morgan fingerprint density at radius 3 is 2.44 bits per heavy atom. The van der Waals surface area contributed by atoms with Crippen molar-refractivity contribution in [1.82, 2.24) is 5.32 Å². The van der Waals surface area contributed by atoms with Gasteiger partial charge in [0.15, 0.2) is 0 Å². The van der Waals surface area contributed by atoms with Crippen molar-refractivity contribution in [3.63, 3.8) is 0 Å². The van der Waals surface area contributed by atoms with Crippen LogP contribution in [0.5, 0.6) is 0 Å². The molecule has 0 spiro atoms. The van der Waals surface area contributed by atoms with E-state index in [-0.39, 0.29) is 18.4 Å². The maximum Gasteiger partial charge on any atom is 0.411 e. The van der Waals surface area contributed by atoms with Crippen molar-refractivity contribution in [2.45, 2.75) is 31.5 Å². The Morgan fingerprint density at radius 2 is 2.00 bits per heavy atom. The van der Waals surface area contributed by atoms with Gasteiger partial charge in [-0.25, -0.2) is 0 Å². The third kappa shape index (κ3) is 2.39. The van der Waals surface area contributed by atoms with Crippen LogP contribution >= 0.6 is 15.9 Å². The molecule has 0 aliphatic heterocycles. The Balaban J connectivity index is 2.16. The molecule has 1 aliphatic carbocycles. The molecule has 0 bridgehead atoms. The number of halogens is 4. The molecule has 98 valence electrons. The minimum absolute atomic E-state index is 0.0439. The molecule has 1 amide bonds. The van der Waals surface area contributed by atoms with E-state index < -0.39 is 17.6 Å². The molecule has 1 aliphatic rings. The topological polar surface area (TPSA) is 29.1 Å². The third-order valence-electron chi connectivity index (χ3n) is 3.07. The standard InChI is InChI=1S/C12H11BrF3NO/c1-7-6-8(2-3-9(7)13)10(18)17-11(4-5-11)12(14,15)16/h2-3,6H,4-5H2,1H3,(H,17,18). The van der Waals surface area contributed by atoms with Gasteiger partial charge in [-0.05, 0) is 43.5 Å². The quantitative estimate of drug-likeness (QED) is 0.886. The molecule has 0 aromatic heterocycles. The molecule has 1 aromatic carbocycles. The molecule has 0 radical (unpaired) electrons. The number of amides is 1. The summed E-state index contributed by atoms with van der Waals surface area (Å²) < 4.78 is 38.9. The van der Waals surface area contributed by atoms with E-state index >= 15 is 0 Å². The molecule has 6 heteroatoms. The lowest BCUT2D eigenvalue weighted by molar-refractivity contribution is -0.163. The van der Waals surface area contributed by atoms with Crippen LogP contribution in [0.1, 0.15) is 28.8 Å². The second kappa shape index (κ2) is 4.26. The smallest absolute Gasteiger partial charge is 0.338 e. The number of aryl methyl sites for hydroxylation is 1. The number of hydrogen-bond donors (Lipinski definition) is 1. The molecule has 2 rings (SSSR count). The monoisotopic (exact) mass is 321 g/mol. The summed E-state index contributed by atoms with van der Waals surface area (Å²) in [5, 5.41) is 2.09. The van der Waals surface area contributed by atoms with Gasteiger partial charge < -0.3 is 5.32 Å². The van der Waals surface area contributed by atoms with Gasteiger partial charge in [-0.1, -0.05) is 15.9 Å². The van der Waals surface area contributed by atoms with Crippen LogP contribution in [0.4, 0.5) is 13.2 Å². The Hall–Kier alpha value is -1.04. The van der Waals surface area contributed by atoms with Crippen LogP contribution in [0.15, 0.2) is 22.7 Å². The average molecular weight is 322 g/mol. The van der Waals surface area contributed by atoms with Crippen LogP contribution in [-0.4, -0.2) is 17.6 Å². The van der Waals surface area contributed by atoms with Gasteiger partial charge in [0.1, 0.15) is 5.54 Å². The molecule has 0 saturated heterocycles. The summed E-state index contributed by atoms with van der Waals surface area (Å²) in [5.74, 6) is -0.680. The highest BCUT2D eigenvalue weighted by molar-refractivity contribution is 9.10. The first-order valence-electron chi connectivity index (χ1n) is 5.41. The Morgan fingerprint density at radius 1 is 1.39 bits per heavy atom. The number of carbonyl (C=O) groups is 1. The molecule has 0 atom stereocenters. The van der Waals surface area contributed by atoms with Crippen molar-refractivity contribution in [2.75, 3.05) is 0 Å². The lowest BCUT2D eigenvalue weighted by Crippen LogP contribution is -2.47. The van der Waals surface area contributed by atoms with E-state index in [4.69, 9.17) is 0 Å². The molecular formula is C12H11BrF3NO. The van der Waals surface area contributed by atoms with Crippen LogP contribution in [-0.2, 0) is 0 Å². The fraction of sp³-hybridized carbons (Fsp3) is 0.417. The highest BCUT2D eigenvalue weighted by atomic mass is 79.9. The summed E-state index contributed by atoms with van der Waals surface area (Å²) >= 11 is 3.27. The first-order valence-corrected chi connectivity index (χ1v) is 6.20. The third-order valence-corrected chi connectivity index (χ3v) is 3.96. The number of rotatable bonds is 2. The van der Waals surface area contributed by atoms with Gasteiger partial charge in [0.2, 0.25) is 0 Å². The molecule has 0 unspecified atom stereocenters. The zero-order valence-electron chi connectivity index (χ0n) is 9.57. The molecule has 2 nitrogen and oxygen atoms in total. The number of hydrogen-bond acceptors (Lipinski definition) is 1. The van der Waals surface area contributed by atoms with Crippen LogP contribution in [0.2, 0.25) is 0 Å². The van der Waals surface area contributed by atoms with Gasteiger partial charge in [-0.15, -0.1) is 0 Å². The maximum atomic E-state index is 12.7. The Bertz CT molecular complexity index is 495. The fourth-order valence-corrected chi connectivity index (χ4v) is 1.93. The van der Waals surface area contributed by atoms with Crippen molar-refractivity contribution >= 4 is 21.8 Å². The summed E-state index contributed by atoms with van der Waals surface area (Å²) in [6.07, 6.45) is -4.47. The average Bonchev–Trinajstić information content (AvgIpc) is 3.02. The number of alkyl halides is 3. The van der Waals surface area contributed by atoms with Crippen LogP contribution in [0, 0.1) is 6.92 Å². The van der Waals surface area contributed by atoms with E-state index in [0.29, 0.717) is 0 Å². The van der Waals surface area contributed by atoms with Crippen molar-refractivity contribution in [3.8, 4) is 0 Å². The molecule has 1 saturated carbocycles. The van der Waals surface area contributed by atoms with E-state index in [1.54, 1.807) is 19.1 Å². The molecule has 0 heterocycles. The van der Waals surface area contributed by atoms with Gasteiger partial charge in [0.05, 0.1) is 0 Å². The van der Waals surface area contributed by atoms with E-state index in [9.17, 15) is 18.0 Å². The van der Waals surface area contributed by atoms with E-state index in [2.05, 4.69) is 21.2 Å². The summed E-state index contributed by atoms with van der Waals surface area (Å²) in [4.78, 5) is 11.8. The predicted octanol–water partition coefficient (Wildman–Crippen LogP) is 3.58. The summed E-state index contributed by atoms with van der Waals surface area (Å²) in [5.41, 5.74) is -0.962. The highest BCUT2D eigenvalue weighted by Gasteiger charge is 2.64. The van der Waals surface area contributed by atoms with E-state index in [1.165, 1.54) is 6.07 Å². The largest absolute Gasteiger partial charge is 0.411 e. The van der Waals surface area contributed by atoms with Crippen LogP contribution in [0.25, 0.3) is 0 Å². The normalized spacial score (nSPS) is 17.4. The van der Waals surface area contributed by atoms with Crippen molar-refractivity contribution in [2.24, 2.45) is 0 Å². The van der Waals surface area contributed by atoms with Gasteiger partial charge in [-0.3, -0.25) is 4.79 Å². The van der Waals surface area contributed by atoms with Gasteiger partial charge in [-0.2, -0.15) is 13.2 Å². The lowest BCUT2D eigenvalue weighted by atomic mass is 10.1. The molecule has 18 heavy (non-hydrogen) atoms.